The Balaban J connectivity index is 1.92. The highest BCUT2D eigenvalue weighted by atomic mass is 16.5. The summed E-state index contributed by atoms with van der Waals surface area (Å²) in [5.41, 5.74) is 1.63. The second-order valence-corrected chi connectivity index (χ2v) is 5.91. The minimum Gasteiger partial charge on any atom is -0.376 e. The molecule has 0 bridgehead atoms. The van der Waals surface area contributed by atoms with Gasteiger partial charge in [-0.05, 0) is 37.5 Å². The molecular weight excluding hydrogens is 316 g/mol. The summed E-state index contributed by atoms with van der Waals surface area (Å²) in [4.78, 5) is 16.8. The zero-order chi connectivity index (χ0) is 17.9. The second kappa shape index (κ2) is 10.5. The number of guanidine groups is 1. The molecule has 1 amide bonds. The van der Waals surface area contributed by atoms with Crippen LogP contribution in [-0.4, -0.2) is 44.2 Å². The Morgan fingerprint density at radius 2 is 2.28 bits per heavy atom. The van der Waals surface area contributed by atoms with Gasteiger partial charge in [0, 0.05) is 31.8 Å². The Hall–Kier alpha value is -2.34. The SMILES string of the molecule is C=CCNC(=NCc1cccc(C(=O)NCC2CCCO2)c1)NCC. The van der Waals surface area contributed by atoms with Crippen LogP contribution in [0.1, 0.15) is 35.7 Å². The number of hydrogen-bond acceptors (Lipinski definition) is 3. The standard InChI is InChI=1S/C19H28N4O2/c1-3-10-21-19(20-4-2)23-13-15-7-5-8-16(12-15)18(24)22-14-17-9-6-11-25-17/h3,5,7-8,12,17H,1,4,6,9-11,13-14H2,2H3,(H,22,24)(H2,20,21,23). The molecule has 1 aliphatic rings. The summed E-state index contributed by atoms with van der Waals surface area (Å²) in [5, 5.41) is 9.28. The molecule has 6 heteroatoms. The molecule has 1 aromatic carbocycles. The number of carbonyl (C=O) groups is 1. The highest BCUT2D eigenvalue weighted by Crippen LogP contribution is 2.11. The number of aliphatic imine (C=N–C) groups is 1. The molecule has 136 valence electrons. The van der Waals surface area contributed by atoms with Crippen LogP contribution in [-0.2, 0) is 11.3 Å². The number of nitrogens with zero attached hydrogens (tertiary/aromatic N) is 1. The molecule has 0 radical (unpaired) electrons. The Bertz CT molecular complexity index is 595. The molecule has 1 aliphatic heterocycles. The number of carbonyl (C=O) groups excluding carboxylic acids is 1. The Morgan fingerprint density at radius 3 is 3.00 bits per heavy atom. The first kappa shape index (κ1) is 19.0. The van der Waals surface area contributed by atoms with Gasteiger partial charge in [-0.3, -0.25) is 4.79 Å². The van der Waals surface area contributed by atoms with Crippen LogP contribution in [0, 0.1) is 0 Å². The summed E-state index contributed by atoms with van der Waals surface area (Å²) in [6.07, 6.45) is 4.02. The van der Waals surface area contributed by atoms with E-state index >= 15 is 0 Å². The number of nitrogens with one attached hydrogen (secondary N) is 3. The number of hydrogen-bond donors (Lipinski definition) is 3. The maximum Gasteiger partial charge on any atom is 0.251 e. The first-order valence-electron chi connectivity index (χ1n) is 8.84. The first-order valence-corrected chi connectivity index (χ1v) is 8.84. The smallest absolute Gasteiger partial charge is 0.251 e. The van der Waals surface area contributed by atoms with E-state index in [1.165, 1.54) is 0 Å². The first-order chi connectivity index (χ1) is 12.2. The van der Waals surface area contributed by atoms with E-state index in [1.807, 2.05) is 31.2 Å². The van der Waals surface area contributed by atoms with Crippen molar-refractivity contribution >= 4 is 11.9 Å². The summed E-state index contributed by atoms with van der Waals surface area (Å²) in [5.74, 6) is 0.661. The van der Waals surface area contributed by atoms with Gasteiger partial charge in [-0.15, -0.1) is 6.58 Å². The highest BCUT2D eigenvalue weighted by molar-refractivity contribution is 5.94. The van der Waals surface area contributed by atoms with Gasteiger partial charge in [0.1, 0.15) is 0 Å². The number of ether oxygens (including phenoxy) is 1. The lowest BCUT2D eigenvalue weighted by Gasteiger charge is -2.11. The fourth-order valence-corrected chi connectivity index (χ4v) is 2.61. The highest BCUT2D eigenvalue weighted by Gasteiger charge is 2.16. The van der Waals surface area contributed by atoms with E-state index in [-0.39, 0.29) is 12.0 Å². The van der Waals surface area contributed by atoms with Gasteiger partial charge in [0.05, 0.1) is 12.6 Å². The summed E-state index contributed by atoms with van der Waals surface area (Å²) in [7, 11) is 0. The lowest BCUT2D eigenvalue weighted by Crippen LogP contribution is -2.37. The van der Waals surface area contributed by atoms with Crippen molar-refractivity contribution in [3.63, 3.8) is 0 Å². The minimum absolute atomic E-state index is 0.0713. The zero-order valence-electron chi connectivity index (χ0n) is 14.9. The normalized spacial score (nSPS) is 17.2. The molecule has 0 saturated carbocycles. The van der Waals surface area contributed by atoms with E-state index in [1.54, 1.807) is 6.08 Å². The van der Waals surface area contributed by atoms with E-state index in [0.29, 0.717) is 25.2 Å². The molecular formula is C19H28N4O2. The molecule has 1 unspecified atom stereocenters. The van der Waals surface area contributed by atoms with Crippen LogP contribution in [0.3, 0.4) is 0 Å². The Labute approximate surface area is 149 Å². The third-order valence-electron chi connectivity index (χ3n) is 3.88. The Kier molecular flexibility index (Phi) is 7.98. The molecule has 0 spiro atoms. The van der Waals surface area contributed by atoms with Gasteiger partial charge in [0.15, 0.2) is 5.96 Å². The van der Waals surface area contributed by atoms with E-state index in [9.17, 15) is 4.79 Å². The molecule has 6 nitrogen and oxygen atoms in total. The summed E-state index contributed by atoms with van der Waals surface area (Å²) >= 11 is 0. The van der Waals surface area contributed by atoms with Gasteiger partial charge in [-0.25, -0.2) is 4.99 Å². The molecule has 1 atom stereocenters. The lowest BCUT2D eigenvalue weighted by molar-refractivity contribution is 0.0857. The van der Waals surface area contributed by atoms with Gasteiger partial charge >= 0.3 is 0 Å². The molecule has 0 aliphatic carbocycles. The van der Waals surface area contributed by atoms with Crippen molar-refractivity contribution in [2.75, 3.05) is 26.2 Å². The van der Waals surface area contributed by atoms with Crippen molar-refractivity contribution in [3.05, 3.63) is 48.0 Å². The average molecular weight is 344 g/mol. The van der Waals surface area contributed by atoms with Crippen LogP contribution in [0.4, 0.5) is 0 Å². The van der Waals surface area contributed by atoms with Crippen LogP contribution >= 0.6 is 0 Å². The molecule has 2 rings (SSSR count). The van der Waals surface area contributed by atoms with Crippen molar-refractivity contribution in [1.82, 2.24) is 16.0 Å². The van der Waals surface area contributed by atoms with E-state index in [4.69, 9.17) is 4.74 Å². The van der Waals surface area contributed by atoms with Crippen molar-refractivity contribution in [2.24, 2.45) is 4.99 Å². The third kappa shape index (κ3) is 6.58. The molecule has 25 heavy (non-hydrogen) atoms. The van der Waals surface area contributed by atoms with Crippen LogP contribution in [0.5, 0.6) is 0 Å². The summed E-state index contributed by atoms with van der Waals surface area (Å²) in [6, 6.07) is 7.55. The number of rotatable bonds is 8. The van der Waals surface area contributed by atoms with Crippen LogP contribution in [0.15, 0.2) is 41.9 Å². The lowest BCUT2D eigenvalue weighted by atomic mass is 10.1. The van der Waals surface area contributed by atoms with Crippen LogP contribution in [0.2, 0.25) is 0 Å². The van der Waals surface area contributed by atoms with Crippen LogP contribution < -0.4 is 16.0 Å². The van der Waals surface area contributed by atoms with Crippen molar-refractivity contribution in [2.45, 2.75) is 32.4 Å². The molecule has 1 saturated heterocycles. The van der Waals surface area contributed by atoms with E-state index in [0.717, 1.165) is 37.5 Å². The average Bonchev–Trinajstić information content (AvgIpc) is 3.16. The topological polar surface area (TPSA) is 74.8 Å². The van der Waals surface area contributed by atoms with Gasteiger partial charge in [-0.2, -0.15) is 0 Å². The predicted octanol–water partition coefficient (Wildman–Crippen LogP) is 1.84. The van der Waals surface area contributed by atoms with Gasteiger partial charge in [0.25, 0.3) is 5.91 Å². The molecule has 1 heterocycles. The van der Waals surface area contributed by atoms with Crippen molar-refractivity contribution in [1.29, 1.82) is 0 Å². The van der Waals surface area contributed by atoms with E-state index < -0.39 is 0 Å². The Morgan fingerprint density at radius 1 is 1.40 bits per heavy atom. The van der Waals surface area contributed by atoms with Crippen molar-refractivity contribution in [3.8, 4) is 0 Å². The molecule has 0 aromatic heterocycles. The third-order valence-corrected chi connectivity index (χ3v) is 3.88. The largest absolute Gasteiger partial charge is 0.376 e. The zero-order valence-corrected chi connectivity index (χ0v) is 14.9. The predicted molar refractivity (Wildman–Crippen MR) is 101 cm³/mol. The fourth-order valence-electron chi connectivity index (χ4n) is 2.61. The summed E-state index contributed by atoms with van der Waals surface area (Å²) in [6.45, 7) is 9.00. The molecule has 1 fully saturated rings. The van der Waals surface area contributed by atoms with Gasteiger partial charge < -0.3 is 20.7 Å². The van der Waals surface area contributed by atoms with E-state index in [2.05, 4.69) is 27.5 Å². The maximum atomic E-state index is 12.3. The maximum absolute atomic E-state index is 12.3. The van der Waals surface area contributed by atoms with Crippen molar-refractivity contribution < 1.29 is 9.53 Å². The second-order valence-electron chi connectivity index (χ2n) is 5.91. The molecule has 1 aromatic rings. The minimum atomic E-state index is -0.0713. The molecule has 3 N–H and O–H groups in total. The van der Waals surface area contributed by atoms with Gasteiger partial charge in [-0.1, -0.05) is 18.2 Å². The number of amides is 1. The van der Waals surface area contributed by atoms with Gasteiger partial charge in [0.2, 0.25) is 0 Å². The summed E-state index contributed by atoms with van der Waals surface area (Å²) < 4.78 is 5.53. The quantitative estimate of drug-likeness (QED) is 0.382. The monoisotopic (exact) mass is 344 g/mol. The fraction of sp³-hybridized carbons (Fsp3) is 0.474. The van der Waals surface area contributed by atoms with Crippen LogP contribution in [0.25, 0.3) is 0 Å². The number of benzene rings is 1.